The van der Waals surface area contributed by atoms with E-state index < -0.39 is 15.1 Å². The Hall–Kier alpha value is -1.62. The minimum Gasteiger partial charge on any atom is -0.342 e. The van der Waals surface area contributed by atoms with Gasteiger partial charge in [0.1, 0.15) is 5.82 Å². The molecule has 2 rings (SSSR count). The Morgan fingerprint density at radius 2 is 1.78 bits per heavy atom. The number of benzene rings is 1. The van der Waals surface area contributed by atoms with Crippen molar-refractivity contribution in [3.63, 3.8) is 0 Å². The van der Waals surface area contributed by atoms with E-state index >= 15 is 0 Å². The van der Waals surface area contributed by atoms with E-state index in [-0.39, 0.29) is 0 Å². The highest BCUT2D eigenvalue weighted by Gasteiger charge is 2.18. The zero-order valence-corrected chi connectivity index (χ0v) is 11.5. The first-order valence-corrected chi connectivity index (χ1v) is 7.32. The number of rotatable bonds is 3. The fourth-order valence-electron chi connectivity index (χ4n) is 1.66. The lowest BCUT2D eigenvalue weighted by atomic mass is 10.2. The summed E-state index contributed by atoms with van der Waals surface area (Å²) in [5.41, 5.74) is 1.82. The number of H-pyrrole nitrogens is 1. The number of hydrogen-bond donors (Lipinski definition) is 1. The molecule has 0 atom stereocenters. The summed E-state index contributed by atoms with van der Waals surface area (Å²) in [5.74, 6) is 0.837. The van der Waals surface area contributed by atoms with E-state index in [0.717, 1.165) is 17.1 Å². The van der Waals surface area contributed by atoms with Crippen molar-refractivity contribution >= 4 is 9.84 Å². The van der Waals surface area contributed by atoms with E-state index in [2.05, 4.69) is 9.97 Å². The fourth-order valence-corrected chi connectivity index (χ4v) is 2.72. The molecule has 2 aromatic rings. The standard InChI is InChI=1S/C13H16N2O2S/c1-9(2)18(16,17)12-6-4-11(5-7-12)13-8-14-10(3)15-13/h4-9H,1-3H3,(H,14,15). The van der Waals surface area contributed by atoms with Gasteiger partial charge in [-0.15, -0.1) is 0 Å². The van der Waals surface area contributed by atoms with Crippen molar-refractivity contribution in [2.45, 2.75) is 30.9 Å². The summed E-state index contributed by atoms with van der Waals surface area (Å²) in [6.07, 6.45) is 1.74. The number of aromatic nitrogens is 2. The van der Waals surface area contributed by atoms with Crippen molar-refractivity contribution in [3.8, 4) is 11.3 Å². The summed E-state index contributed by atoms with van der Waals surface area (Å²) in [5, 5.41) is -0.405. The van der Waals surface area contributed by atoms with Crippen LogP contribution in [0.15, 0.2) is 35.4 Å². The van der Waals surface area contributed by atoms with Crippen molar-refractivity contribution in [1.82, 2.24) is 9.97 Å². The molecular formula is C13H16N2O2S. The van der Waals surface area contributed by atoms with Gasteiger partial charge in [-0.2, -0.15) is 0 Å². The first-order valence-electron chi connectivity index (χ1n) is 5.77. The Kier molecular flexibility index (Phi) is 3.26. The van der Waals surface area contributed by atoms with Gasteiger partial charge in [0.2, 0.25) is 0 Å². The van der Waals surface area contributed by atoms with Crippen molar-refractivity contribution in [1.29, 1.82) is 0 Å². The maximum Gasteiger partial charge on any atom is 0.180 e. The van der Waals surface area contributed by atoms with Crippen LogP contribution >= 0.6 is 0 Å². The Morgan fingerprint density at radius 3 is 2.22 bits per heavy atom. The predicted molar refractivity (Wildman–Crippen MR) is 71.1 cm³/mol. The third kappa shape index (κ3) is 2.31. The molecule has 1 N–H and O–H groups in total. The van der Waals surface area contributed by atoms with Gasteiger partial charge < -0.3 is 4.98 Å². The maximum absolute atomic E-state index is 12.0. The van der Waals surface area contributed by atoms with Gasteiger partial charge in [-0.1, -0.05) is 12.1 Å². The second kappa shape index (κ2) is 4.57. The van der Waals surface area contributed by atoms with Crippen LogP contribution in [-0.4, -0.2) is 23.6 Å². The van der Waals surface area contributed by atoms with Crippen molar-refractivity contribution in [3.05, 3.63) is 36.3 Å². The quantitative estimate of drug-likeness (QED) is 0.926. The molecule has 0 saturated carbocycles. The predicted octanol–water partition coefficient (Wildman–Crippen LogP) is 2.57. The van der Waals surface area contributed by atoms with Gasteiger partial charge in [0.05, 0.1) is 22.0 Å². The van der Waals surface area contributed by atoms with Crippen molar-refractivity contribution < 1.29 is 8.42 Å². The summed E-state index contributed by atoms with van der Waals surface area (Å²) in [6, 6.07) is 6.87. The largest absolute Gasteiger partial charge is 0.342 e. The monoisotopic (exact) mass is 264 g/mol. The normalized spacial score (nSPS) is 12.0. The highest BCUT2D eigenvalue weighted by molar-refractivity contribution is 7.92. The fraction of sp³-hybridized carbons (Fsp3) is 0.308. The van der Waals surface area contributed by atoms with Crippen molar-refractivity contribution in [2.24, 2.45) is 0 Å². The van der Waals surface area contributed by atoms with Gasteiger partial charge in [0, 0.05) is 0 Å². The van der Waals surface area contributed by atoms with E-state index in [4.69, 9.17) is 0 Å². The van der Waals surface area contributed by atoms with Gasteiger partial charge >= 0.3 is 0 Å². The second-order valence-electron chi connectivity index (χ2n) is 4.50. The molecule has 0 aliphatic rings. The van der Waals surface area contributed by atoms with Crippen LogP contribution in [0.4, 0.5) is 0 Å². The molecule has 1 aromatic heterocycles. The van der Waals surface area contributed by atoms with Crippen molar-refractivity contribution in [2.75, 3.05) is 0 Å². The number of aromatic amines is 1. The summed E-state index contributed by atoms with van der Waals surface area (Å²) in [7, 11) is -3.20. The molecular weight excluding hydrogens is 248 g/mol. The SMILES string of the molecule is Cc1ncc(-c2ccc(S(=O)(=O)C(C)C)cc2)[nH]1. The minimum atomic E-state index is -3.20. The average molecular weight is 264 g/mol. The number of sulfone groups is 1. The Balaban J connectivity index is 2.37. The third-order valence-corrected chi connectivity index (χ3v) is 4.99. The molecule has 0 saturated heterocycles. The molecule has 0 aliphatic carbocycles. The molecule has 4 nitrogen and oxygen atoms in total. The van der Waals surface area contributed by atoms with Gasteiger partial charge in [-0.3, -0.25) is 0 Å². The van der Waals surface area contributed by atoms with Crippen LogP contribution in [0.25, 0.3) is 11.3 Å². The number of nitrogens with zero attached hydrogens (tertiary/aromatic N) is 1. The van der Waals surface area contributed by atoms with Crippen LogP contribution in [0.5, 0.6) is 0 Å². The number of hydrogen-bond acceptors (Lipinski definition) is 3. The topological polar surface area (TPSA) is 62.8 Å². The zero-order chi connectivity index (χ0) is 13.3. The summed E-state index contributed by atoms with van der Waals surface area (Å²) in [4.78, 5) is 7.59. The Labute approximate surface area is 107 Å². The molecule has 5 heteroatoms. The first kappa shape index (κ1) is 12.8. The van der Waals surface area contributed by atoms with E-state index in [0.29, 0.717) is 4.90 Å². The van der Waals surface area contributed by atoms with E-state index in [1.165, 1.54) is 0 Å². The number of nitrogens with one attached hydrogen (secondary N) is 1. The lowest BCUT2D eigenvalue weighted by Gasteiger charge is -2.08. The molecule has 0 fully saturated rings. The molecule has 96 valence electrons. The Morgan fingerprint density at radius 1 is 1.17 bits per heavy atom. The van der Waals surface area contributed by atoms with E-state index in [1.807, 2.05) is 6.92 Å². The summed E-state index contributed by atoms with van der Waals surface area (Å²) >= 11 is 0. The highest BCUT2D eigenvalue weighted by atomic mass is 32.2. The average Bonchev–Trinajstić information content (AvgIpc) is 2.76. The van der Waals surface area contributed by atoms with Gasteiger partial charge in [-0.05, 0) is 38.5 Å². The molecule has 0 aliphatic heterocycles. The molecule has 0 spiro atoms. The molecule has 0 radical (unpaired) electrons. The molecule has 1 heterocycles. The van der Waals surface area contributed by atoms with Gasteiger partial charge in [0.15, 0.2) is 9.84 Å². The minimum absolute atomic E-state index is 0.359. The molecule has 0 bridgehead atoms. The van der Waals surface area contributed by atoms with Crippen LogP contribution in [-0.2, 0) is 9.84 Å². The lowest BCUT2D eigenvalue weighted by Crippen LogP contribution is -2.13. The van der Waals surface area contributed by atoms with E-state index in [9.17, 15) is 8.42 Å². The molecule has 0 unspecified atom stereocenters. The zero-order valence-electron chi connectivity index (χ0n) is 10.6. The second-order valence-corrected chi connectivity index (χ2v) is 7.00. The van der Waals surface area contributed by atoms with Crippen LogP contribution in [0.1, 0.15) is 19.7 Å². The molecule has 0 amide bonds. The van der Waals surface area contributed by atoms with E-state index in [1.54, 1.807) is 44.3 Å². The number of imidazole rings is 1. The van der Waals surface area contributed by atoms with Crippen LogP contribution in [0.3, 0.4) is 0 Å². The maximum atomic E-state index is 12.0. The van der Waals surface area contributed by atoms with Crippen LogP contribution in [0, 0.1) is 6.92 Å². The summed E-state index contributed by atoms with van der Waals surface area (Å²) in [6.45, 7) is 5.24. The highest BCUT2D eigenvalue weighted by Crippen LogP contribution is 2.21. The van der Waals surface area contributed by atoms with Gasteiger partial charge in [-0.25, -0.2) is 13.4 Å². The molecule has 18 heavy (non-hydrogen) atoms. The first-order chi connectivity index (χ1) is 8.41. The lowest BCUT2D eigenvalue weighted by molar-refractivity contribution is 0.587. The van der Waals surface area contributed by atoms with Crippen LogP contribution in [0.2, 0.25) is 0 Å². The smallest absolute Gasteiger partial charge is 0.180 e. The number of aryl methyl sites for hydroxylation is 1. The third-order valence-electron chi connectivity index (χ3n) is 2.82. The molecule has 1 aromatic carbocycles. The Bertz CT molecular complexity index is 640. The summed E-state index contributed by atoms with van der Waals surface area (Å²) < 4.78 is 23.9. The van der Waals surface area contributed by atoms with Crippen LogP contribution < -0.4 is 0 Å². The van der Waals surface area contributed by atoms with Gasteiger partial charge in [0.25, 0.3) is 0 Å².